The second-order valence-corrected chi connectivity index (χ2v) is 5.71. The molecular formula is C16H18ClN3. The molecule has 0 saturated heterocycles. The minimum atomic E-state index is 0.202. The van der Waals surface area contributed by atoms with Crippen LogP contribution in [-0.4, -0.2) is 9.97 Å². The van der Waals surface area contributed by atoms with Gasteiger partial charge < -0.3 is 5.32 Å². The van der Waals surface area contributed by atoms with Crippen molar-refractivity contribution in [2.75, 3.05) is 5.32 Å². The lowest BCUT2D eigenvalue weighted by Crippen LogP contribution is -2.14. The molecule has 1 unspecified atom stereocenters. The molecule has 3 nitrogen and oxygen atoms in total. The summed E-state index contributed by atoms with van der Waals surface area (Å²) in [6.45, 7) is 2.14. The third kappa shape index (κ3) is 2.78. The highest BCUT2D eigenvalue weighted by Gasteiger charge is 2.16. The number of anilines is 1. The van der Waals surface area contributed by atoms with Crippen molar-refractivity contribution in [1.29, 1.82) is 0 Å². The zero-order valence-corrected chi connectivity index (χ0v) is 12.3. The quantitative estimate of drug-likeness (QED) is 0.920. The van der Waals surface area contributed by atoms with Crippen LogP contribution in [0.25, 0.3) is 0 Å². The van der Waals surface area contributed by atoms with Crippen molar-refractivity contribution in [1.82, 2.24) is 9.97 Å². The summed E-state index contributed by atoms with van der Waals surface area (Å²) in [4.78, 5) is 8.83. The first kappa shape index (κ1) is 13.4. The number of aryl methyl sites for hydroxylation is 1. The van der Waals surface area contributed by atoms with E-state index in [0.717, 1.165) is 23.7 Å². The van der Waals surface area contributed by atoms with Crippen LogP contribution in [0.3, 0.4) is 0 Å². The summed E-state index contributed by atoms with van der Waals surface area (Å²) in [5.41, 5.74) is 3.70. The van der Waals surface area contributed by atoms with Crippen LogP contribution < -0.4 is 5.32 Å². The van der Waals surface area contributed by atoms with Gasteiger partial charge in [-0.1, -0.05) is 23.7 Å². The van der Waals surface area contributed by atoms with Crippen LogP contribution in [0.15, 0.2) is 30.6 Å². The summed E-state index contributed by atoms with van der Waals surface area (Å²) in [5, 5.41) is 4.28. The molecule has 1 atom stereocenters. The SMILES string of the molecule is CC(Nc1ncnc2c1CCCC2)c1ccc(Cl)cc1. The lowest BCUT2D eigenvalue weighted by molar-refractivity contribution is 0.661. The molecule has 1 aliphatic carbocycles. The molecule has 1 aromatic carbocycles. The monoisotopic (exact) mass is 287 g/mol. The van der Waals surface area contributed by atoms with Crippen molar-refractivity contribution in [3.63, 3.8) is 0 Å². The Bertz CT molecular complexity index is 595. The van der Waals surface area contributed by atoms with E-state index in [9.17, 15) is 0 Å². The van der Waals surface area contributed by atoms with Crippen molar-refractivity contribution in [3.05, 3.63) is 52.4 Å². The minimum Gasteiger partial charge on any atom is -0.363 e. The summed E-state index contributed by atoms with van der Waals surface area (Å²) in [5.74, 6) is 0.983. The molecule has 20 heavy (non-hydrogen) atoms. The van der Waals surface area contributed by atoms with Crippen LogP contribution in [-0.2, 0) is 12.8 Å². The topological polar surface area (TPSA) is 37.8 Å². The maximum absolute atomic E-state index is 5.93. The number of nitrogens with zero attached hydrogens (tertiary/aromatic N) is 2. The highest BCUT2D eigenvalue weighted by atomic mass is 35.5. The molecule has 1 aliphatic rings. The van der Waals surface area contributed by atoms with E-state index in [1.54, 1.807) is 6.33 Å². The molecule has 0 spiro atoms. The van der Waals surface area contributed by atoms with Gasteiger partial charge in [0.2, 0.25) is 0 Å². The highest BCUT2D eigenvalue weighted by molar-refractivity contribution is 6.30. The van der Waals surface area contributed by atoms with E-state index < -0.39 is 0 Å². The van der Waals surface area contributed by atoms with Crippen LogP contribution in [0, 0.1) is 0 Å². The fraction of sp³-hybridized carbons (Fsp3) is 0.375. The van der Waals surface area contributed by atoms with Crippen LogP contribution >= 0.6 is 11.6 Å². The van der Waals surface area contributed by atoms with Crippen molar-refractivity contribution in [2.45, 2.75) is 38.6 Å². The number of nitrogens with one attached hydrogen (secondary N) is 1. The minimum absolute atomic E-state index is 0.202. The maximum atomic E-state index is 5.93. The number of fused-ring (bicyclic) bond motifs is 1. The Morgan fingerprint density at radius 2 is 1.85 bits per heavy atom. The van der Waals surface area contributed by atoms with E-state index >= 15 is 0 Å². The van der Waals surface area contributed by atoms with Crippen LogP contribution in [0.1, 0.15) is 42.6 Å². The standard InChI is InChI=1S/C16H18ClN3/c1-11(12-6-8-13(17)9-7-12)20-16-14-4-2-3-5-15(14)18-10-19-16/h6-11H,2-5H2,1H3,(H,18,19,20). The van der Waals surface area contributed by atoms with Crippen LogP contribution in [0.5, 0.6) is 0 Å². The molecule has 0 aliphatic heterocycles. The van der Waals surface area contributed by atoms with Crippen molar-refractivity contribution >= 4 is 17.4 Å². The molecule has 104 valence electrons. The summed E-state index contributed by atoms with van der Waals surface area (Å²) >= 11 is 5.93. The number of rotatable bonds is 3. The molecule has 0 saturated carbocycles. The average molecular weight is 288 g/mol. The second-order valence-electron chi connectivity index (χ2n) is 5.27. The van der Waals surface area contributed by atoms with E-state index in [2.05, 4.69) is 22.2 Å². The van der Waals surface area contributed by atoms with E-state index in [4.69, 9.17) is 11.6 Å². The fourth-order valence-corrected chi connectivity index (χ4v) is 2.81. The summed E-state index contributed by atoms with van der Waals surface area (Å²) in [7, 11) is 0. The third-order valence-corrected chi connectivity index (χ3v) is 4.10. The van der Waals surface area contributed by atoms with Crippen molar-refractivity contribution in [3.8, 4) is 0 Å². The molecule has 1 aromatic heterocycles. The number of benzene rings is 1. The van der Waals surface area contributed by atoms with Gasteiger partial charge >= 0.3 is 0 Å². The number of hydrogen-bond acceptors (Lipinski definition) is 3. The Labute approximate surface area is 124 Å². The maximum Gasteiger partial charge on any atom is 0.133 e. The molecule has 0 amide bonds. The largest absolute Gasteiger partial charge is 0.363 e. The summed E-state index contributed by atoms with van der Waals surface area (Å²) < 4.78 is 0. The molecule has 2 aromatic rings. The second kappa shape index (κ2) is 5.80. The molecule has 0 bridgehead atoms. The lowest BCUT2D eigenvalue weighted by atomic mass is 9.96. The molecule has 3 rings (SSSR count). The predicted octanol–water partition coefficient (Wildman–Crippen LogP) is 4.18. The lowest BCUT2D eigenvalue weighted by Gasteiger charge is -2.21. The zero-order valence-electron chi connectivity index (χ0n) is 11.6. The van der Waals surface area contributed by atoms with Gasteiger partial charge in [-0.15, -0.1) is 0 Å². The van der Waals surface area contributed by atoms with Gasteiger partial charge in [0.25, 0.3) is 0 Å². The van der Waals surface area contributed by atoms with E-state index in [-0.39, 0.29) is 6.04 Å². The van der Waals surface area contributed by atoms with Gasteiger partial charge in [-0.2, -0.15) is 0 Å². The Kier molecular flexibility index (Phi) is 3.88. The van der Waals surface area contributed by atoms with Gasteiger partial charge in [0, 0.05) is 22.3 Å². The Hall–Kier alpha value is -1.61. The van der Waals surface area contributed by atoms with Crippen LogP contribution in [0.4, 0.5) is 5.82 Å². The first-order valence-electron chi connectivity index (χ1n) is 7.09. The van der Waals surface area contributed by atoms with E-state index in [0.29, 0.717) is 0 Å². The Balaban J connectivity index is 1.82. The van der Waals surface area contributed by atoms with Gasteiger partial charge in [-0.25, -0.2) is 9.97 Å². The van der Waals surface area contributed by atoms with Gasteiger partial charge in [0.1, 0.15) is 12.1 Å². The number of hydrogen-bond donors (Lipinski definition) is 1. The first-order chi connectivity index (χ1) is 9.74. The van der Waals surface area contributed by atoms with Crippen molar-refractivity contribution < 1.29 is 0 Å². The molecule has 0 fully saturated rings. The summed E-state index contributed by atoms with van der Waals surface area (Å²) in [6, 6.07) is 8.14. The van der Waals surface area contributed by atoms with E-state index in [1.807, 2.05) is 24.3 Å². The van der Waals surface area contributed by atoms with Gasteiger partial charge in [0.05, 0.1) is 0 Å². The molecule has 1 heterocycles. The van der Waals surface area contributed by atoms with Crippen molar-refractivity contribution in [2.24, 2.45) is 0 Å². The van der Waals surface area contributed by atoms with Gasteiger partial charge in [-0.05, 0) is 50.3 Å². The van der Waals surface area contributed by atoms with Gasteiger partial charge in [0.15, 0.2) is 0 Å². The van der Waals surface area contributed by atoms with Crippen LogP contribution in [0.2, 0.25) is 5.02 Å². The molecule has 0 radical (unpaired) electrons. The summed E-state index contributed by atoms with van der Waals surface area (Å²) in [6.07, 6.45) is 6.27. The zero-order chi connectivity index (χ0) is 13.9. The van der Waals surface area contributed by atoms with E-state index in [1.165, 1.54) is 29.7 Å². The fourth-order valence-electron chi connectivity index (χ4n) is 2.69. The predicted molar refractivity (Wildman–Crippen MR) is 82.2 cm³/mol. The average Bonchev–Trinajstić information content (AvgIpc) is 2.48. The smallest absolute Gasteiger partial charge is 0.133 e. The molecule has 1 N–H and O–H groups in total. The number of aromatic nitrogens is 2. The van der Waals surface area contributed by atoms with Gasteiger partial charge in [-0.3, -0.25) is 0 Å². The Morgan fingerprint density at radius 3 is 2.65 bits per heavy atom. The molecule has 4 heteroatoms. The molecular weight excluding hydrogens is 270 g/mol. The number of halogens is 1. The third-order valence-electron chi connectivity index (χ3n) is 3.85. The Morgan fingerprint density at radius 1 is 1.10 bits per heavy atom. The normalized spacial score (nSPS) is 15.5. The first-order valence-corrected chi connectivity index (χ1v) is 7.46. The highest BCUT2D eigenvalue weighted by Crippen LogP contribution is 2.27.